The van der Waals surface area contributed by atoms with Crippen LogP contribution in [0.4, 0.5) is 0 Å². The molecule has 1 unspecified atom stereocenters. The third-order valence-corrected chi connectivity index (χ3v) is 6.68. The highest BCUT2D eigenvalue weighted by atomic mass is 35.5. The van der Waals surface area contributed by atoms with Crippen molar-refractivity contribution in [3.63, 3.8) is 0 Å². The lowest BCUT2D eigenvalue weighted by Crippen LogP contribution is -2.50. The summed E-state index contributed by atoms with van der Waals surface area (Å²) >= 11 is 12.3. The standard InChI is InChI=1S/C25H26Cl2N2O7/c1-35-23(32)20(28-21(30)9-11-25(24(33)34)12-10-22(31)29-25)13-15-5-7-16(8-6-15)36-14-17-18(26)3-2-4-19(17)27/h2-8,20H,9-14H2,1H3,(H,28,30)(H,29,31)(H,33,34)/t20-,25?/m0/s1. The molecule has 11 heteroatoms. The highest BCUT2D eigenvalue weighted by molar-refractivity contribution is 6.35. The van der Waals surface area contributed by atoms with Crippen LogP contribution in [-0.2, 0) is 36.9 Å². The zero-order valence-corrected chi connectivity index (χ0v) is 21.0. The number of carboxylic acids is 1. The summed E-state index contributed by atoms with van der Waals surface area (Å²) in [5.41, 5.74) is -0.0710. The van der Waals surface area contributed by atoms with E-state index in [0.717, 1.165) is 5.56 Å². The van der Waals surface area contributed by atoms with Gasteiger partial charge in [-0.05, 0) is 42.7 Å². The number of hydrogen-bond donors (Lipinski definition) is 3. The molecule has 1 heterocycles. The Morgan fingerprint density at radius 2 is 1.81 bits per heavy atom. The fraction of sp³-hybridized carbons (Fsp3) is 0.360. The summed E-state index contributed by atoms with van der Waals surface area (Å²) in [6.45, 7) is 0.178. The zero-order chi connectivity index (χ0) is 26.3. The topological polar surface area (TPSA) is 131 Å². The van der Waals surface area contributed by atoms with E-state index in [-0.39, 0.29) is 44.6 Å². The number of nitrogens with one attached hydrogen (secondary N) is 2. The summed E-state index contributed by atoms with van der Waals surface area (Å²) in [4.78, 5) is 48.0. The van der Waals surface area contributed by atoms with Crippen molar-refractivity contribution in [2.45, 2.75) is 50.3 Å². The molecule has 0 saturated carbocycles. The second-order valence-corrected chi connectivity index (χ2v) is 9.23. The van der Waals surface area contributed by atoms with Crippen LogP contribution < -0.4 is 15.4 Å². The van der Waals surface area contributed by atoms with E-state index in [1.807, 2.05) is 0 Å². The molecule has 9 nitrogen and oxygen atoms in total. The first-order valence-corrected chi connectivity index (χ1v) is 12.0. The maximum atomic E-state index is 12.5. The first kappa shape index (κ1) is 27.3. The summed E-state index contributed by atoms with van der Waals surface area (Å²) in [7, 11) is 1.21. The van der Waals surface area contributed by atoms with Gasteiger partial charge in [-0.15, -0.1) is 0 Å². The van der Waals surface area contributed by atoms with Gasteiger partial charge >= 0.3 is 11.9 Å². The van der Waals surface area contributed by atoms with Gasteiger partial charge in [0.15, 0.2) is 0 Å². The second kappa shape index (κ2) is 12.1. The van der Waals surface area contributed by atoms with Crippen LogP contribution in [0.5, 0.6) is 5.75 Å². The van der Waals surface area contributed by atoms with Crippen molar-refractivity contribution in [1.29, 1.82) is 0 Å². The largest absolute Gasteiger partial charge is 0.489 e. The second-order valence-electron chi connectivity index (χ2n) is 8.42. The summed E-state index contributed by atoms with van der Waals surface area (Å²) in [5.74, 6) is -2.16. The average Bonchev–Trinajstić information content (AvgIpc) is 3.24. The van der Waals surface area contributed by atoms with E-state index < -0.39 is 29.4 Å². The van der Waals surface area contributed by atoms with Crippen LogP contribution in [0.15, 0.2) is 42.5 Å². The number of methoxy groups -OCH3 is 1. The van der Waals surface area contributed by atoms with E-state index in [1.165, 1.54) is 7.11 Å². The molecule has 2 aromatic carbocycles. The van der Waals surface area contributed by atoms with E-state index in [9.17, 15) is 24.3 Å². The molecule has 36 heavy (non-hydrogen) atoms. The van der Waals surface area contributed by atoms with Crippen molar-refractivity contribution in [3.8, 4) is 5.75 Å². The van der Waals surface area contributed by atoms with E-state index >= 15 is 0 Å². The molecule has 1 fully saturated rings. The van der Waals surface area contributed by atoms with Crippen LogP contribution in [0.1, 0.15) is 36.8 Å². The van der Waals surface area contributed by atoms with E-state index in [0.29, 0.717) is 21.4 Å². The third kappa shape index (κ3) is 6.89. The average molecular weight is 537 g/mol. The lowest BCUT2D eigenvalue weighted by molar-refractivity contribution is -0.147. The van der Waals surface area contributed by atoms with Gasteiger partial charge in [0, 0.05) is 34.9 Å². The third-order valence-electron chi connectivity index (χ3n) is 5.97. The number of amides is 2. The predicted octanol–water partition coefficient (Wildman–Crippen LogP) is 3.29. The van der Waals surface area contributed by atoms with Gasteiger partial charge in [-0.25, -0.2) is 9.59 Å². The van der Waals surface area contributed by atoms with Crippen molar-refractivity contribution in [2.75, 3.05) is 7.11 Å². The molecule has 0 bridgehead atoms. The SMILES string of the molecule is COC(=O)[C@H](Cc1ccc(OCc2c(Cl)cccc2Cl)cc1)NC(=O)CCC1(C(=O)O)CCC(=O)N1. The molecule has 2 amide bonds. The van der Waals surface area contributed by atoms with Crippen molar-refractivity contribution in [3.05, 3.63) is 63.6 Å². The van der Waals surface area contributed by atoms with Gasteiger partial charge in [-0.3, -0.25) is 9.59 Å². The van der Waals surface area contributed by atoms with Crippen LogP contribution in [0.2, 0.25) is 10.0 Å². The summed E-state index contributed by atoms with van der Waals surface area (Å²) in [6.07, 6.45) is 0.0679. The van der Waals surface area contributed by atoms with Gasteiger partial charge in [-0.1, -0.05) is 41.4 Å². The molecular formula is C25H26Cl2N2O7. The number of rotatable bonds is 11. The fourth-order valence-corrected chi connectivity index (χ4v) is 4.39. The number of carboxylic acid groups (broad SMARTS) is 1. The maximum Gasteiger partial charge on any atom is 0.329 e. The van der Waals surface area contributed by atoms with Crippen LogP contribution in [-0.4, -0.2) is 47.6 Å². The van der Waals surface area contributed by atoms with E-state index in [1.54, 1.807) is 42.5 Å². The lowest BCUT2D eigenvalue weighted by atomic mass is 9.91. The minimum absolute atomic E-state index is 0.0871. The fourth-order valence-electron chi connectivity index (χ4n) is 3.89. The normalized spacial score (nSPS) is 17.7. The quantitative estimate of drug-likeness (QED) is 0.375. The Labute approximate surface area is 218 Å². The number of aliphatic carboxylic acids is 1. The molecule has 3 rings (SSSR count). The number of hydrogen-bond acceptors (Lipinski definition) is 6. The first-order valence-electron chi connectivity index (χ1n) is 11.2. The van der Waals surface area contributed by atoms with Crippen LogP contribution in [0, 0.1) is 0 Å². The molecule has 0 spiro atoms. The summed E-state index contributed by atoms with van der Waals surface area (Å²) < 4.78 is 10.6. The number of benzene rings is 2. The van der Waals surface area contributed by atoms with Gasteiger partial charge in [0.1, 0.15) is 23.9 Å². The van der Waals surface area contributed by atoms with Gasteiger partial charge in [0.25, 0.3) is 0 Å². The molecule has 0 radical (unpaired) electrons. The Morgan fingerprint density at radius 1 is 1.14 bits per heavy atom. The molecule has 3 N–H and O–H groups in total. The predicted molar refractivity (Wildman–Crippen MR) is 132 cm³/mol. The zero-order valence-electron chi connectivity index (χ0n) is 19.5. The lowest BCUT2D eigenvalue weighted by Gasteiger charge is -2.24. The van der Waals surface area contributed by atoms with Gasteiger partial charge < -0.3 is 25.2 Å². The minimum Gasteiger partial charge on any atom is -0.489 e. The van der Waals surface area contributed by atoms with E-state index in [2.05, 4.69) is 10.6 Å². The maximum absolute atomic E-state index is 12.5. The summed E-state index contributed by atoms with van der Waals surface area (Å²) in [5, 5.41) is 15.6. The molecule has 1 aliphatic rings. The Kier molecular flexibility index (Phi) is 9.17. The number of esters is 1. The number of carbonyl (C=O) groups is 4. The molecule has 0 aliphatic carbocycles. The van der Waals surface area contributed by atoms with E-state index in [4.69, 9.17) is 32.7 Å². The highest BCUT2D eigenvalue weighted by Crippen LogP contribution is 2.27. The van der Waals surface area contributed by atoms with Gasteiger partial charge in [0.05, 0.1) is 7.11 Å². The highest BCUT2D eigenvalue weighted by Gasteiger charge is 2.44. The van der Waals surface area contributed by atoms with Crippen LogP contribution in [0.3, 0.4) is 0 Å². The summed E-state index contributed by atoms with van der Waals surface area (Å²) in [6, 6.07) is 11.2. The minimum atomic E-state index is -1.47. The van der Waals surface area contributed by atoms with Crippen LogP contribution in [0.25, 0.3) is 0 Å². The van der Waals surface area contributed by atoms with Gasteiger partial charge in [-0.2, -0.15) is 0 Å². The van der Waals surface area contributed by atoms with Crippen molar-refractivity contribution >= 4 is 47.0 Å². The van der Waals surface area contributed by atoms with Crippen LogP contribution >= 0.6 is 23.2 Å². The molecule has 1 saturated heterocycles. The smallest absolute Gasteiger partial charge is 0.329 e. The number of ether oxygens (including phenoxy) is 2. The molecule has 1 aliphatic heterocycles. The Balaban J connectivity index is 1.58. The number of carbonyl (C=O) groups excluding carboxylic acids is 3. The molecule has 192 valence electrons. The van der Waals surface area contributed by atoms with Crippen molar-refractivity contribution < 1.29 is 33.8 Å². The number of halogens is 2. The van der Waals surface area contributed by atoms with Gasteiger partial charge in [0.2, 0.25) is 11.8 Å². The van der Waals surface area contributed by atoms with Crippen molar-refractivity contribution in [2.24, 2.45) is 0 Å². The van der Waals surface area contributed by atoms with Crippen molar-refractivity contribution in [1.82, 2.24) is 10.6 Å². The Bertz CT molecular complexity index is 1120. The molecule has 0 aromatic heterocycles. The monoisotopic (exact) mass is 536 g/mol. The first-order chi connectivity index (χ1) is 17.1. The Morgan fingerprint density at radius 3 is 2.36 bits per heavy atom. The molecular weight excluding hydrogens is 511 g/mol. The molecule has 2 aromatic rings. The Hall–Kier alpha value is -3.30. The molecule has 2 atom stereocenters.